The summed E-state index contributed by atoms with van der Waals surface area (Å²) in [5.41, 5.74) is 2.30. The summed E-state index contributed by atoms with van der Waals surface area (Å²) in [6, 6.07) is 9.73. The van der Waals surface area contributed by atoms with Gasteiger partial charge in [0.2, 0.25) is 0 Å². The lowest BCUT2D eigenvalue weighted by Gasteiger charge is -2.09. The second kappa shape index (κ2) is 4.70. The Kier molecular flexibility index (Phi) is 2.97. The van der Waals surface area contributed by atoms with Gasteiger partial charge < -0.3 is 5.11 Å². The van der Waals surface area contributed by atoms with Gasteiger partial charge in [0, 0.05) is 0 Å². The normalized spacial score (nSPS) is 11.0. The molecule has 0 aliphatic carbocycles. The number of hydrogen-bond donors (Lipinski definition) is 1. The average Bonchev–Trinajstić information content (AvgIpc) is 2.77. The minimum absolute atomic E-state index is 0.147. The van der Waals surface area contributed by atoms with Crippen LogP contribution in [-0.2, 0) is 0 Å². The molecule has 0 aliphatic rings. The van der Waals surface area contributed by atoms with E-state index in [1.165, 1.54) is 12.1 Å². The lowest BCUT2D eigenvalue weighted by molar-refractivity contribution is 0.0698. The lowest BCUT2D eigenvalue weighted by atomic mass is 10.1. The van der Waals surface area contributed by atoms with E-state index in [9.17, 15) is 14.3 Å². The summed E-state index contributed by atoms with van der Waals surface area (Å²) in [5, 5.41) is 9.35. The van der Waals surface area contributed by atoms with Crippen LogP contribution in [0.1, 0.15) is 21.7 Å². The zero-order valence-electron chi connectivity index (χ0n) is 11.6. The van der Waals surface area contributed by atoms with E-state index in [1.54, 1.807) is 42.7 Å². The molecule has 1 aromatic heterocycles. The minimum Gasteiger partial charge on any atom is -0.478 e. The van der Waals surface area contributed by atoms with Gasteiger partial charge in [-0.1, -0.05) is 12.1 Å². The number of aromatic carboxylic acids is 1. The number of aryl methyl sites for hydroxylation is 2. The van der Waals surface area contributed by atoms with E-state index in [0.29, 0.717) is 28.1 Å². The molecule has 21 heavy (non-hydrogen) atoms. The van der Waals surface area contributed by atoms with Gasteiger partial charge >= 0.3 is 5.97 Å². The number of benzene rings is 2. The Morgan fingerprint density at radius 3 is 2.67 bits per heavy atom. The zero-order chi connectivity index (χ0) is 15.1. The maximum atomic E-state index is 13.8. The third-order valence-electron chi connectivity index (χ3n) is 3.49. The molecule has 0 aliphatic heterocycles. The highest BCUT2D eigenvalue weighted by Crippen LogP contribution is 2.25. The van der Waals surface area contributed by atoms with Crippen LogP contribution in [-0.4, -0.2) is 20.6 Å². The molecule has 4 nitrogen and oxygen atoms in total. The summed E-state index contributed by atoms with van der Waals surface area (Å²) in [6.07, 6.45) is 0. The van der Waals surface area contributed by atoms with E-state index in [-0.39, 0.29) is 11.4 Å². The molecule has 1 N–H and O–H groups in total. The second-order valence-corrected chi connectivity index (χ2v) is 4.91. The number of hydrogen-bond acceptors (Lipinski definition) is 2. The summed E-state index contributed by atoms with van der Waals surface area (Å²) >= 11 is 0. The lowest BCUT2D eigenvalue weighted by Crippen LogP contribution is -2.04. The van der Waals surface area contributed by atoms with Gasteiger partial charge in [0.25, 0.3) is 0 Å². The summed E-state index contributed by atoms with van der Waals surface area (Å²) in [5.74, 6) is -0.752. The van der Waals surface area contributed by atoms with Gasteiger partial charge in [0.15, 0.2) is 0 Å². The van der Waals surface area contributed by atoms with Gasteiger partial charge in [-0.2, -0.15) is 0 Å². The van der Waals surface area contributed by atoms with Crippen LogP contribution in [0.3, 0.4) is 0 Å². The summed E-state index contributed by atoms with van der Waals surface area (Å²) in [6.45, 7) is 3.45. The molecule has 0 bridgehead atoms. The molecule has 0 unspecified atom stereocenters. The number of halogens is 1. The van der Waals surface area contributed by atoms with Crippen LogP contribution in [0.2, 0.25) is 0 Å². The van der Waals surface area contributed by atoms with Crippen LogP contribution < -0.4 is 0 Å². The Morgan fingerprint density at radius 2 is 2.00 bits per heavy atom. The highest BCUT2D eigenvalue weighted by Gasteiger charge is 2.17. The van der Waals surface area contributed by atoms with Crippen molar-refractivity contribution in [3.63, 3.8) is 0 Å². The predicted molar refractivity (Wildman–Crippen MR) is 77.5 cm³/mol. The van der Waals surface area contributed by atoms with Crippen molar-refractivity contribution in [1.82, 2.24) is 9.55 Å². The second-order valence-electron chi connectivity index (χ2n) is 4.91. The van der Waals surface area contributed by atoms with Crippen LogP contribution in [0.25, 0.3) is 16.7 Å². The standard InChI is InChI=1S/C16H13FN2O2/c1-9-6-7-11(8-13(9)17)19-10(2)18-14-5-3-4-12(15(14)19)16(20)21/h3-8H,1-2H3,(H,20,21). The van der Waals surface area contributed by atoms with Gasteiger partial charge in [0.05, 0.1) is 22.3 Å². The molecular formula is C16H13FN2O2. The average molecular weight is 284 g/mol. The van der Waals surface area contributed by atoms with E-state index in [1.807, 2.05) is 0 Å². The van der Waals surface area contributed by atoms with E-state index in [2.05, 4.69) is 4.98 Å². The topological polar surface area (TPSA) is 55.1 Å². The first kappa shape index (κ1) is 13.3. The van der Waals surface area contributed by atoms with Crippen LogP contribution in [0.5, 0.6) is 0 Å². The van der Waals surface area contributed by atoms with E-state index < -0.39 is 5.97 Å². The molecule has 1 heterocycles. The monoisotopic (exact) mass is 284 g/mol. The molecule has 3 rings (SSSR count). The van der Waals surface area contributed by atoms with Gasteiger partial charge in [-0.05, 0) is 43.7 Å². The number of para-hydroxylation sites is 1. The fourth-order valence-electron chi connectivity index (χ4n) is 2.45. The van der Waals surface area contributed by atoms with Crippen LogP contribution >= 0.6 is 0 Å². The van der Waals surface area contributed by atoms with E-state index in [4.69, 9.17) is 0 Å². The van der Waals surface area contributed by atoms with Crippen molar-refractivity contribution in [3.05, 3.63) is 59.2 Å². The fraction of sp³-hybridized carbons (Fsp3) is 0.125. The molecule has 0 radical (unpaired) electrons. The van der Waals surface area contributed by atoms with Crippen molar-refractivity contribution in [2.45, 2.75) is 13.8 Å². The first-order valence-electron chi connectivity index (χ1n) is 6.47. The number of rotatable bonds is 2. The minimum atomic E-state index is -1.03. The molecular weight excluding hydrogens is 271 g/mol. The highest BCUT2D eigenvalue weighted by molar-refractivity contribution is 6.01. The van der Waals surface area contributed by atoms with E-state index in [0.717, 1.165) is 0 Å². The first-order valence-corrected chi connectivity index (χ1v) is 6.47. The molecule has 0 fully saturated rings. The predicted octanol–water partition coefficient (Wildman–Crippen LogP) is 3.48. The Balaban J connectivity index is 2.38. The van der Waals surface area contributed by atoms with Crippen LogP contribution in [0.4, 0.5) is 4.39 Å². The van der Waals surface area contributed by atoms with Crippen LogP contribution in [0.15, 0.2) is 36.4 Å². The fourth-order valence-corrected chi connectivity index (χ4v) is 2.45. The molecule has 2 aromatic carbocycles. The zero-order valence-corrected chi connectivity index (χ0v) is 11.6. The molecule has 0 saturated carbocycles. The molecule has 3 aromatic rings. The molecule has 0 atom stereocenters. The third kappa shape index (κ3) is 2.07. The van der Waals surface area contributed by atoms with Gasteiger partial charge in [-0.25, -0.2) is 14.2 Å². The third-order valence-corrected chi connectivity index (χ3v) is 3.49. The molecule has 5 heteroatoms. The first-order chi connectivity index (χ1) is 9.99. The smallest absolute Gasteiger partial charge is 0.337 e. The number of nitrogens with zero attached hydrogens (tertiary/aromatic N) is 2. The summed E-state index contributed by atoms with van der Waals surface area (Å²) < 4.78 is 15.5. The number of fused-ring (bicyclic) bond motifs is 1. The number of carboxylic acid groups (broad SMARTS) is 1. The van der Waals surface area contributed by atoms with Crippen molar-refractivity contribution in [2.75, 3.05) is 0 Å². The maximum absolute atomic E-state index is 13.8. The summed E-state index contributed by atoms with van der Waals surface area (Å²) in [4.78, 5) is 15.8. The van der Waals surface area contributed by atoms with Crippen molar-refractivity contribution < 1.29 is 14.3 Å². The Bertz CT molecular complexity index is 868. The maximum Gasteiger partial charge on any atom is 0.337 e. The number of aromatic nitrogens is 2. The Morgan fingerprint density at radius 1 is 1.24 bits per heavy atom. The number of imidazole rings is 1. The largest absolute Gasteiger partial charge is 0.478 e. The summed E-state index contributed by atoms with van der Waals surface area (Å²) in [7, 11) is 0. The molecule has 0 saturated heterocycles. The van der Waals surface area contributed by atoms with Crippen molar-refractivity contribution in [3.8, 4) is 5.69 Å². The van der Waals surface area contributed by atoms with E-state index >= 15 is 0 Å². The molecule has 0 amide bonds. The van der Waals surface area contributed by atoms with Crippen molar-refractivity contribution >= 4 is 17.0 Å². The van der Waals surface area contributed by atoms with Gasteiger partial charge in [-0.15, -0.1) is 0 Å². The molecule has 0 spiro atoms. The Hall–Kier alpha value is -2.69. The van der Waals surface area contributed by atoms with Gasteiger partial charge in [0.1, 0.15) is 11.6 Å². The number of carbonyl (C=O) groups is 1. The van der Waals surface area contributed by atoms with Crippen molar-refractivity contribution in [2.24, 2.45) is 0 Å². The number of carboxylic acids is 1. The highest BCUT2D eigenvalue weighted by atomic mass is 19.1. The van der Waals surface area contributed by atoms with Crippen LogP contribution in [0, 0.1) is 19.7 Å². The quantitative estimate of drug-likeness (QED) is 0.783. The van der Waals surface area contributed by atoms with Gasteiger partial charge in [-0.3, -0.25) is 4.57 Å². The molecule has 106 valence electrons. The van der Waals surface area contributed by atoms with Crippen molar-refractivity contribution in [1.29, 1.82) is 0 Å². The Labute approximate surface area is 120 Å². The SMILES string of the molecule is Cc1ccc(-n2c(C)nc3cccc(C(=O)O)c32)cc1F.